The number of thiocarbonyl (C=S) groups is 1. The van der Waals surface area contributed by atoms with Crippen LogP contribution in [0.4, 0.5) is 16.2 Å². The molecule has 0 aliphatic carbocycles. The van der Waals surface area contributed by atoms with Gasteiger partial charge < -0.3 is 20.4 Å². The molecule has 3 rings (SSSR count). The predicted octanol–water partition coefficient (Wildman–Crippen LogP) is 4.36. The minimum absolute atomic E-state index is 0.0657. The number of rotatable bonds is 3. The van der Waals surface area contributed by atoms with Gasteiger partial charge in [0, 0.05) is 37.6 Å². The Morgan fingerprint density at radius 1 is 0.852 bits per heavy atom. The Hall–Kier alpha value is -2.60. The van der Waals surface area contributed by atoms with E-state index in [1.807, 2.05) is 35.2 Å². The van der Waals surface area contributed by atoms with E-state index in [1.165, 1.54) is 5.56 Å². The zero-order valence-corrected chi connectivity index (χ0v) is 16.6. The van der Waals surface area contributed by atoms with Crippen LogP contribution >= 0.6 is 12.2 Å². The molecule has 27 heavy (non-hydrogen) atoms. The summed E-state index contributed by atoms with van der Waals surface area (Å²) < 4.78 is 0. The van der Waals surface area contributed by atoms with Crippen molar-refractivity contribution >= 4 is 34.7 Å². The van der Waals surface area contributed by atoms with Crippen molar-refractivity contribution in [3.05, 3.63) is 60.2 Å². The number of benzene rings is 2. The molecule has 0 spiro atoms. The van der Waals surface area contributed by atoms with E-state index < -0.39 is 0 Å². The van der Waals surface area contributed by atoms with Crippen LogP contribution in [0, 0.1) is 0 Å². The van der Waals surface area contributed by atoms with Crippen LogP contribution < -0.4 is 10.6 Å². The summed E-state index contributed by atoms with van der Waals surface area (Å²) in [5.74, 6) is 0.515. The zero-order chi connectivity index (χ0) is 19.2. The molecule has 2 amide bonds. The molecule has 2 N–H and O–H groups in total. The number of anilines is 2. The highest BCUT2D eigenvalue weighted by atomic mass is 32.1. The molecular weight excluding hydrogens is 356 g/mol. The fraction of sp³-hybridized carbons (Fsp3) is 0.333. The molecule has 5 nitrogen and oxygen atoms in total. The Kier molecular flexibility index (Phi) is 6.29. The first-order valence-corrected chi connectivity index (χ1v) is 9.70. The molecule has 1 heterocycles. The molecule has 0 radical (unpaired) electrons. The molecule has 142 valence electrons. The monoisotopic (exact) mass is 382 g/mol. The first kappa shape index (κ1) is 19.2. The average molecular weight is 383 g/mol. The Bertz CT molecular complexity index is 769. The van der Waals surface area contributed by atoms with Gasteiger partial charge in [0.05, 0.1) is 0 Å². The minimum Gasteiger partial charge on any atom is -0.345 e. The Morgan fingerprint density at radius 3 is 2.00 bits per heavy atom. The second-order valence-corrected chi connectivity index (χ2v) is 7.36. The van der Waals surface area contributed by atoms with Crippen molar-refractivity contribution in [1.29, 1.82) is 0 Å². The highest BCUT2D eigenvalue weighted by Gasteiger charge is 2.22. The molecular formula is C21H26N4OS. The maximum Gasteiger partial charge on any atom is 0.321 e. The van der Waals surface area contributed by atoms with Gasteiger partial charge in [-0.25, -0.2) is 4.79 Å². The van der Waals surface area contributed by atoms with Crippen LogP contribution in [0.2, 0.25) is 0 Å². The number of amides is 2. The summed E-state index contributed by atoms with van der Waals surface area (Å²) in [5.41, 5.74) is 3.12. The number of hydrogen-bond acceptors (Lipinski definition) is 2. The summed E-state index contributed by atoms with van der Waals surface area (Å²) >= 11 is 5.55. The molecule has 0 aromatic heterocycles. The lowest BCUT2D eigenvalue weighted by Crippen LogP contribution is -2.52. The minimum atomic E-state index is -0.0657. The molecule has 0 bridgehead atoms. The molecule has 6 heteroatoms. The molecule has 0 saturated carbocycles. The lowest BCUT2D eigenvalue weighted by Gasteiger charge is -2.36. The van der Waals surface area contributed by atoms with Gasteiger partial charge in [-0.3, -0.25) is 0 Å². The highest BCUT2D eigenvalue weighted by Crippen LogP contribution is 2.18. The number of piperazine rings is 1. The largest absolute Gasteiger partial charge is 0.345 e. The van der Waals surface area contributed by atoms with E-state index >= 15 is 0 Å². The van der Waals surface area contributed by atoms with Crippen molar-refractivity contribution in [2.45, 2.75) is 19.8 Å². The molecule has 2 aromatic rings. The van der Waals surface area contributed by atoms with Crippen LogP contribution in [0.15, 0.2) is 54.6 Å². The SMILES string of the molecule is CC(C)c1ccc(NC(=S)N2CCN(C(=O)Nc3ccccc3)CC2)cc1. The van der Waals surface area contributed by atoms with Crippen LogP contribution in [0.25, 0.3) is 0 Å². The topological polar surface area (TPSA) is 47.6 Å². The van der Waals surface area contributed by atoms with Crippen LogP contribution in [-0.4, -0.2) is 47.1 Å². The Morgan fingerprint density at radius 2 is 1.41 bits per heavy atom. The maximum absolute atomic E-state index is 12.4. The number of carbonyl (C=O) groups is 1. The molecule has 0 atom stereocenters. The summed E-state index contributed by atoms with van der Waals surface area (Å²) in [5, 5.41) is 6.93. The number of hydrogen-bond donors (Lipinski definition) is 2. The summed E-state index contributed by atoms with van der Waals surface area (Å²) in [4.78, 5) is 16.3. The molecule has 2 aromatic carbocycles. The third-order valence-electron chi connectivity index (χ3n) is 4.71. The van der Waals surface area contributed by atoms with Crippen molar-refractivity contribution in [2.24, 2.45) is 0 Å². The highest BCUT2D eigenvalue weighted by molar-refractivity contribution is 7.80. The van der Waals surface area contributed by atoms with Gasteiger partial charge in [-0.1, -0.05) is 44.2 Å². The molecule has 1 aliphatic rings. The van der Waals surface area contributed by atoms with Crippen molar-refractivity contribution in [3.8, 4) is 0 Å². The van der Waals surface area contributed by atoms with Gasteiger partial charge in [-0.2, -0.15) is 0 Å². The molecule has 1 aliphatic heterocycles. The van der Waals surface area contributed by atoms with Crippen LogP contribution in [0.3, 0.4) is 0 Å². The van der Waals surface area contributed by atoms with E-state index in [0.29, 0.717) is 24.1 Å². The van der Waals surface area contributed by atoms with Gasteiger partial charge in [0.2, 0.25) is 0 Å². The third-order valence-corrected chi connectivity index (χ3v) is 5.07. The fourth-order valence-corrected chi connectivity index (χ4v) is 3.29. The molecule has 0 unspecified atom stereocenters. The van der Waals surface area contributed by atoms with Gasteiger partial charge in [-0.15, -0.1) is 0 Å². The summed E-state index contributed by atoms with van der Waals surface area (Å²) in [7, 11) is 0. The van der Waals surface area contributed by atoms with Crippen molar-refractivity contribution in [2.75, 3.05) is 36.8 Å². The van der Waals surface area contributed by atoms with Gasteiger partial charge in [0.25, 0.3) is 0 Å². The third kappa shape index (κ3) is 5.20. The number of nitrogens with zero attached hydrogens (tertiary/aromatic N) is 2. The number of nitrogens with one attached hydrogen (secondary N) is 2. The van der Waals surface area contributed by atoms with E-state index in [1.54, 1.807) is 0 Å². The lowest BCUT2D eigenvalue weighted by molar-refractivity contribution is 0.182. The van der Waals surface area contributed by atoms with Crippen LogP contribution in [0.5, 0.6) is 0 Å². The first-order valence-electron chi connectivity index (χ1n) is 9.30. The first-order chi connectivity index (χ1) is 13.0. The van der Waals surface area contributed by atoms with Crippen LogP contribution in [-0.2, 0) is 0 Å². The fourth-order valence-electron chi connectivity index (χ4n) is 2.99. The van der Waals surface area contributed by atoms with Gasteiger partial charge in [0.15, 0.2) is 5.11 Å². The second kappa shape index (κ2) is 8.86. The molecule has 1 fully saturated rings. The Labute approximate surface area is 166 Å². The van der Waals surface area contributed by atoms with E-state index in [4.69, 9.17) is 12.2 Å². The van der Waals surface area contributed by atoms with Gasteiger partial charge in [0.1, 0.15) is 0 Å². The summed E-state index contributed by atoms with van der Waals surface area (Å²) in [6.45, 7) is 7.09. The van der Waals surface area contributed by atoms with E-state index in [2.05, 4.69) is 53.6 Å². The predicted molar refractivity (Wildman–Crippen MR) is 115 cm³/mol. The average Bonchev–Trinajstić information content (AvgIpc) is 2.69. The summed E-state index contributed by atoms with van der Waals surface area (Å²) in [6.07, 6.45) is 0. The Balaban J connectivity index is 1.48. The standard InChI is InChI=1S/C21H26N4OS/c1-16(2)17-8-10-19(11-9-17)23-21(27)25-14-12-24(13-15-25)20(26)22-18-6-4-3-5-7-18/h3-11,16H,12-15H2,1-2H3,(H,22,26)(H,23,27). The zero-order valence-electron chi connectivity index (χ0n) is 15.8. The smallest absolute Gasteiger partial charge is 0.321 e. The van der Waals surface area contributed by atoms with Gasteiger partial charge in [-0.05, 0) is 48.0 Å². The van der Waals surface area contributed by atoms with E-state index in [-0.39, 0.29) is 6.03 Å². The number of urea groups is 1. The van der Waals surface area contributed by atoms with Crippen LogP contribution in [0.1, 0.15) is 25.3 Å². The summed E-state index contributed by atoms with van der Waals surface area (Å²) in [6, 6.07) is 17.8. The maximum atomic E-state index is 12.4. The van der Waals surface area contributed by atoms with E-state index in [9.17, 15) is 4.79 Å². The second-order valence-electron chi connectivity index (χ2n) is 6.98. The van der Waals surface area contributed by atoms with Crippen molar-refractivity contribution < 1.29 is 4.79 Å². The lowest BCUT2D eigenvalue weighted by atomic mass is 10.0. The number of para-hydroxylation sites is 1. The number of carbonyl (C=O) groups excluding carboxylic acids is 1. The normalized spacial score (nSPS) is 14.2. The molecule has 1 saturated heterocycles. The van der Waals surface area contributed by atoms with E-state index in [0.717, 1.165) is 24.5 Å². The van der Waals surface area contributed by atoms with Crippen molar-refractivity contribution in [3.63, 3.8) is 0 Å². The van der Waals surface area contributed by atoms with Crippen molar-refractivity contribution in [1.82, 2.24) is 9.80 Å². The quantitative estimate of drug-likeness (QED) is 0.775. The van der Waals surface area contributed by atoms with Gasteiger partial charge >= 0.3 is 6.03 Å².